The zero-order valence-electron chi connectivity index (χ0n) is 19.1. The van der Waals surface area contributed by atoms with Gasteiger partial charge in [0.15, 0.2) is 17.3 Å². The molecule has 0 aromatic heterocycles. The smallest absolute Gasteiger partial charge is 0.205 e. The number of carbonyl (C=O) groups excluding carboxylic acids is 1. The van der Waals surface area contributed by atoms with Crippen molar-refractivity contribution in [3.8, 4) is 17.6 Å². The van der Waals surface area contributed by atoms with Gasteiger partial charge in [-0.1, -0.05) is 42.5 Å². The summed E-state index contributed by atoms with van der Waals surface area (Å²) in [7, 11) is 1.56. The molecule has 0 radical (unpaired) electrons. The quantitative estimate of drug-likeness (QED) is 0.434. The number of nitrogens with two attached hydrogens (primary N) is 1. The molecule has 176 valence electrons. The van der Waals surface area contributed by atoms with Gasteiger partial charge in [-0.15, -0.1) is 0 Å². The highest BCUT2D eigenvalue weighted by Crippen LogP contribution is 2.47. The van der Waals surface area contributed by atoms with E-state index in [1.807, 2.05) is 30.3 Å². The Bertz CT molecular complexity index is 1450. The van der Waals surface area contributed by atoms with Crippen LogP contribution >= 0.6 is 15.9 Å². The van der Waals surface area contributed by atoms with E-state index in [2.05, 4.69) is 40.2 Å². The van der Waals surface area contributed by atoms with Gasteiger partial charge in [0.1, 0.15) is 24.0 Å². The molecule has 5 rings (SSSR count). The number of rotatable bonds is 5. The summed E-state index contributed by atoms with van der Waals surface area (Å²) in [5, 5.41) is 12.1. The van der Waals surface area contributed by atoms with E-state index in [1.54, 1.807) is 13.2 Å². The van der Waals surface area contributed by atoms with Crippen LogP contribution in [0.25, 0.3) is 10.8 Å². The lowest BCUT2D eigenvalue weighted by atomic mass is 9.77. The molecule has 2 aliphatic rings. The standard InChI is InChI=1S/C28H23BrN2O4/c1-33-24-13-18(25-20(14-30)28(31)35-23-11-5-10-22(32)26(23)25)12-21(29)27(24)34-15-17-8-4-7-16-6-2-3-9-19(16)17/h2-4,6-9,12-13,25H,5,10-11,15,31H2,1H3/t25-/m1/s1. The summed E-state index contributed by atoms with van der Waals surface area (Å²) < 4.78 is 18.2. The van der Waals surface area contributed by atoms with E-state index in [-0.39, 0.29) is 17.2 Å². The van der Waals surface area contributed by atoms with Crippen LogP contribution in [0.15, 0.2) is 81.9 Å². The van der Waals surface area contributed by atoms with Crippen molar-refractivity contribution >= 4 is 32.5 Å². The number of hydrogen-bond acceptors (Lipinski definition) is 6. The highest BCUT2D eigenvalue weighted by Gasteiger charge is 2.38. The van der Waals surface area contributed by atoms with Crippen LogP contribution in [-0.4, -0.2) is 12.9 Å². The minimum absolute atomic E-state index is 0.0251. The van der Waals surface area contributed by atoms with E-state index >= 15 is 0 Å². The first-order chi connectivity index (χ1) is 17.0. The van der Waals surface area contributed by atoms with Gasteiger partial charge < -0.3 is 19.9 Å². The van der Waals surface area contributed by atoms with Crippen molar-refractivity contribution in [2.75, 3.05) is 7.11 Å². The van der Waals surface area contributed by atoms with E-state index < -0.39 is 5.92 Å². The number of ether oxygens (including phenoxy) is 3. The van der Waals surface area contributed by atoms with Crippen molar-refractivity contribution in [2.24, 2.45) is 5.73 Å². The lowest BCUT2D eigenvalue weighted by Crippen LogP contribution is -2.27. The van der Waals surface area contributed by atoms with E-state index in [0.717, 1.165) is 16.3 Å². The molecular weight excluding hydrogens is 508 g/mol. The summed E-state index contributed by atoms with van der Waals surface area (Å²) in [5.74, 6) is 0.974. The fourth-order valence-corrected chi connectivity index (χ4v) is 5.38. The van der Waals surface area contributed by atoms with E-state index in [4.69, 9.17) is 19.9 Å². The molecule has 35 heavy (non-hydrogen) atoms. The van der Waals surface area contributed by atoms with Gasteiger partial charge >= 0.3 is 0 Å². The SMILES string of the molecule is COc1cc([C@@H]2C(C#N)=C(N)OC3=C2C(=O)CCC3)cc(Br)c1OCc1cccc2ccccc12. The van der Waals surface area contributed by atoms with Crippen molar-refractivity contribution in [1.29, 1.82) is 5.26 Å². The summed E-state index contributed by atoms with van der Waals surface area (Å²) in [6.07, 6.45) is 1.73. The van der Waals surface area contributed by atoms with Crippen LogP contribution in [-0.2, 0) is 16.1 Å². The molecule has 3 aromatic rings. The minimum atomic E-state index is -0.617. The number of ketones is 1. The largest absolute Gasteiger partial charge is 0.493 e. The Morgan fingerprint density at radius 2 is 1.97 bits per heavy atom. The second kappa shape index (κ2) is 9.47. The number of Topliss-reactive ketones (excluding diaryl/α,β-unsaturated/α-hetero) is 1. The molecule has 6 nitrogen and oxygen atoms in total. The maximum absolute atomic E-state index is 12.9. The van der Waals surface area contributed by atoms with E-state index in [1.165, 1.54) is 0 Å². The molecule has 1 atom stereocenters. The van der Waals surface area contributed by atoms with Crippen LogP contribution < -0.4 is 15.2 Å². The van der Waals surface area contributed by atoms with Gasteiger partial charge in [0.25, 0.3) is 0 Å². The number of nitrogens with zero attached hydrogens (tertiary/aromatic N) is 1. The number of methoxy groups -OCH3 is 1. The van der Waals surface area contributed by atoms with Gasteiger partial charge in [0, 0.05) is 18.4 Å². The van der Waals surface area contributed by atoms with Crippen molar-refractivity contribution in [2.45, 2.75) is 31.8 Å². The Hall–Kier alpha value is -3.76. The van der Waals surface area contributed by atoms with Crippen LogP contribution in [0.5, 0.6) is 11.5 Å². The van der Waals surface area contributed by atoms with Crippen LogP contribution in [0.3, 0.4) is 0 Å². The third kappa shape index (κ3) is 4.15. The van der Waals surface area contributed by atoms with Crippen molar-refractivity contribution < 1.29 is 19.0 Å². The Balaban J connectivity index is 1.53. The highest BCUT2D eigenvalue weighted by molar-refractivity contribution is 9.10. The molecule has 0 saturated heterocycles. The van der Waals surface area contributed by atoms with Crippen molar-refractivity contribution in [1.82, 2.24) is 0 Å². The molecule has 0 spiro atoms. The lowest BCUT2D eigenvalue weighted by molar-refractivity contribution is -0.116. The minimum Gasteiger partial charge on any atom is -0.493 e. The van der Waals surface area contributed by atoms with Crippen LogP contribution in [0.2, 0.25) is 0 Å². The number of benzene rings is 3. The maximum Gasteiger partial charge on any atom is 0.205 e. The Morgan fingerprint density at radius 1 is 1.17 bits per heavy atom. The van der Waals surface area contributed by atoms with Crippen LogP contribution in [0.4, 0.5) is 0 Å². The number of nitriles is 1. The van der Waals surface area contributed by atoms with Gasteiger partial charge in [0.2, 0.25) is 5.88 Å². The molecule has 1 aliphatic heterocycles. The normalized spacial score (nSPS) is 17.6. The first-order valence-corrected chi connectivity index (χ1v) is 12.1. The average Bonchev–Trinajstić information content (AvgIpc) is 2.87. The van der Waals surface area contributed by atoms with Gasteiger partial charge in [0.05, 0.1) is 17.5 Å². The number of hydrogen-bond donors (Lipinski definition) is 1. The predicted molar refractivity (Wildman–Crippen MR) is 136 cm³/mol. The highest BCUT2D eigenvalue weighted by atomic mass is 79.9. The Kier molecular flexibility index (Phi) is 6.23. The Labute approximate surface area is 211 Å². The maximum atomic E-state index is 12.9. The fourth-order valence-electron chi connectivity index (χ4n) is 4.80. The third-order valence-electron chi connectivity index (χ3n) is 6.44. The molecule has 1 aliphatic carbocycles. The first kappa shape index (κ1) is 23.0. The zero-order chi connectivity index (χ0) is 24.5. The molecule has 0 unspecified atom stereocenters. The molecular formula is C28H23BrN2O4. The van der Waals surface area contributed by atoms with Gasteiger partial charge in [-0.25, -0.2) is 0 Å². The van der Waals surface area contributed by atoms with Gasteiger partial charge in [-0.2, -0.15) is 5.26 Å². The summed E-state index contributed by atoms with van der Waals surface area (Å²) in [6, 6.07) is 20.1. The molecule has 0 bridgehead atoms. The molecule has 0 fully saturated rings. The predicted octanol–water partition coefficient (Wildman–Crippen LogP) is 6.00. The Morgan fingerprint density at radius 3 is 2.77 bits per heavy atom. The summed E-state index contributed by atoms with van der Waals surface area (Å²) >= 11 is 3.62. The summed E-state index contributed by atoms with van der Waals surface area (Å²) in [5.41, 5.74) is 8.56. The zero-order valence-corrected chi connectivity index (χ0v) is 20.7. The van der Waals surface area contributed by atoms with E-state index in [0.29, 0.717) is 58.7 Å². The van der Waals surface area contributed by atoms with Gasteiger partial charge in [-0.3, -0.25) is 4.79 Å². The first-order valence-electron chi connectivity index (χ1n) is 11.3. The molecule has 1 heterocycles. The molecule has 7 heteroatoms. The number of halogens is 1. The second-order valence-corrected chi connectivity index (χ2v) is 9.35. The van der Waals surface area contributed by atoms with Crippen molar-refractivity contribution in [3.05, 3.63) is 93.0 Å². The molecule has 0 amide bonds. The fraction of sp³-hybridized carbons (Fsp3) is 0.214. The summed E-state index contributed by atoms with van der Waals surface area (Å²) in [6.45, 7) is 0.344. The number of allylic oxidation sites excluding steroid dienone is 3. The topological polar surface area (TPSA) is 94.6 Å². The molecule has 2 N–H and O–H groups in total. The van der Waals surface area contributed by atoms with Gasteiger partial charge in [-0.05, 0) is 56.4 Å². The van der Waals surface area contributed by atoms with Crippen LogP contribution in [0.1, 0.15) is 36.3 Å². The lowest BCUT2D eigenvalue weighted by Gasteiger charge is -2.31. The second-order valence-electron chi connectivity index (χ2n) is 8.50. The van der Waals surface area contributed by atoms with Crippen molar-refractivity contribution in [3.63, 3.8) is 0 Å². The molecule has 0 saturated carbocycles. The average molecular weight is 531 g/mol. The molecule has 3 aromatic carbocycles. The van der Waals surface area contributed by atoms with E-state index in [9.17, 15) is 10.1 Å². The third-order valence-corrected chi connectivity index (χ3v) is 7.03. The number of carbonyl (C=O) groups is 1. The monoisotopic (exact) mass is 530 g/mol. The van der Waals surface area contributed by atoms with Crippen LogP contribution in [0, 0.1) is 11.3 Å². The summed E-state index contributed by atoms with van der Waals surface area (Å²) in [4.78, 5) is 12.9. The number of fused-ring (bicyclic) bond motifs is 1.